The number of terminal acetylenes is 1. The Morgan fingerprint density at radius 2 is 2.36 bits per heavy atom. The number of unbranched alkanes of at least 4 members (excludes halogenated alkanes) is 1. The molecule has 0 aromatic carbocycles. The van der Waals surface area contributed by atoms with Crippen LogP contribution in [0.4, 0.5) is 0 Å². The molecule has 0 aromatic rings. The molecule has 1 fully saturated rings. The van der Waals surface area contributed by atoms with Crippen molar-refractivity contribution in [3.05, 3.63) is 11.1 Å². The van der Waals surface area contributed by atoms with Crippen molar-refractivity contribution < 1.29 is 4.79 Å². The van der Waals surface area contributed by atoms with Crippen LogP contribution in [0.25, 0.3) is 0 Å². The van der Waals surface area contributed by atoms with Crippen molar-refractivity contribution in [3.63, 3.8) is 0 Å². The zero-order valence-corrected chi connectivity index (χ0v) is 8.52. The van der Waals surface area contributed by atoms with Gasteiger partial charge in [-0.3, -0.25) is 4.79 Å². The van der Waals surface area contributed by atoms with Gasteiger partial charge in [-0.1, -0.05) is 0 Å². The number of amides is 1. The Morgan fingerprint density at radius 1 is 1.64 bits per heavy atom. The summed E-state index contributed by atoms with van der Waals surface area (Å²) in [5.41, 5.74) is 2.06. The second-order valence-corrected chi connectivity index (χ2v) is 3.40. The maximum atomic E-state index is 11.5. The van der Waals surface area contributed by atoms with E-state index in [1.54, 1.807) is 0 Å². The molecule has 2 N–H and O–H groups in total. The molecule has 1 rings (SSSR count). The topological polar surface area (TPSA) is 41.1 Å². The summed E-state index contributed by atoms with van der Waals surface area (Å²) in [5.74, 6) is 2.58. The smallest absolute Gasteiger partial charge is 0.246 e. The SMILES string of the molecule is C#CCCCNC(=O)C(C)=C1CNC1. The molecule has 0 spiro atoms. The highest BCUT2D eigenvalue weighted by atomic mass is 16.1. The Kier molecular flexibility index (Phi) is 4.21. The Bertz CT molecular complexity index is 280. The molecular weight excluding hydrogens is 176 g/mol. The quantitative estimate of drug-likeness (QED) is 0.385. The van der Waals surface area contributed by atoms with Gasteiger partial charge in [-0.25, -0.2) is 0 Å². The molecule has 14 heavy (non-hydrogen) atoms. The van der Waals surface area contributed by atoms with Gasteiger partial charge in [0.15, 0.2) is 0 Å². The summed E-state index contributed by atoms with van der Waals surface area (Å²) >= 11 is 0. The van der Waals surface area contributed by atoms with Gasteiger partial charge < -0.3 is 10.6 Å². The second-order valence-electron chi connectivity index (χ2n) is 3.40. The van der Waals surface area contributed by atoms with Crippen molar-refractivity contribution in [2.45, 2.75) is 19.8 Å². The lowest BCUT2D eigenvalue weighted by atomic mass is 10.0. The molecular formula is C11H16N2O. The van der Waals surface area contributed by atoms with Crippen LogP contribution in [-0.4, -0.2) is 25.5 Å². The molecule has 1 aliphatic heterocycles. The highest BCUT2D eigenvalue weighted by molar-refractivity contribution is 5.93. The maximum absolute atomic E-state index is 11.5. The lowest BCUT2D eigenvalue weighted by Gasteiger charge is -2.21. The number of nitrogens with one attached hydrogen (secondary N) is 2. The number of carbonyl (C=O) groups is 1. The van der Waals surface area contributed by atoms with E-state index in [0.717, 1.165) is 31.5 Å². The monoisotopic (exact) mass is 192 g/mol. The number of carbonyl (C=O) groups excluding carboxylic acids is 1. The highest BCUT2D eigenvalue weighted by Gasteiger charge is 2.15. The Balaban J connectivity index is 2.25. The maximum Gasteiger partial charge on any atom is 0.246 e. The molecule has 3 heteroatoms. The van der Waals surface area contributed by atoms with Gasteiger partial charge in [0.2, 0.25) is 5.91 Å². The van der Waals surface area contributed by atoms with E-state index in [-0.39, 0.29) is 5.91 Å². The first-order chi connectivity index (χ1) is 6.75. The van der Waals surface area contributed by atoms with Crippen LogP contribution >= 0.6 is 0 Å². The van der Waals surface area contributed by atoms with Crippen LogP contribution in [0, 0.1) is 12.3 Å². The van der Waals surface area contributed by atoms with Crippen LogP contribution < -0.4 is 10.6 Å². The van der Waals surface area contributed by atoms with Crippen LogP contribution in [0.1, 0.15) is 19.8 Å². The highest BCUT2D eigenvalue weighted by Crippen LogP contribution is 2.08. The van der Waals surface area contributed by atoms with E-state index in [1.165, 1.54) is 5.57 Å². The van der Waals surface area contributed by atoms with Gasteiger partial charge in [0, 0.05) is 31.6 Å². The predicted octanol–water partition coefficient (Wildman–Crippen LogP) is 0.436. The van der Waals surface area contributed by atoms with Crippen molar-refractivity contribution in [3.8, 4) is 12.3 Å². The molecule has 1 amide bonds. The molecule has 0 aliphatic carbocycles. The molecule has 1 aliphatic rings. The second kappa shape index (κ2) is 5.46. The van der Waals surface area contributed by atoms with Gasteiger partial charge in [0.05, 0.1) is 0 Å². The Morgan fingerprint density at radius 3 is 2.86 bits per heavy atom. The fourth-order valence-corrected chi connectivity index (χ4v) is 1.20. The molecule has 1 saturated heterocycles. The minimum absolute atomic E-state index is 0.0403. The van der Waals surface area contributed by atoms with Crippen LogP contribution in [0.3, 0.4) is 0 Å². The number of hydrogen-bond donors (Lipinski definition) is 2. The van der Waals surface area contributed by atoms with Crippen molar-refractivity contribution in [1.82, 2.24) is 10.6 Å². The van der Waals surface area contributed by atoms with Crippen LogP contribution in [0.2, 0.25) is 0 Å². The molecule has 0 atom stereocenters. The number of hydrogen-bond acceptors (Lipinski definition) is 2. The third-order valence-electron chi connectivity index (χ3n) is 2.33. The Labute approximate surface area is 85.0 Å². The van der Waals surface area contributed by atoms with E-state index in [2.05, 4.69) is 16.6 Å². The normalized spacial score (nSPS) is 14.1. The van der Waals surface area contributed by atoms with Gasteiger partial charge in [-0.15, -0.1) is 12.3 Å². The average Bonchev–Trinajstić information content (AvgIpc) is 2.09. The molecule has 76 valence electrons. The molecule has 0 radical (unpaired) electrons. The van der Waals surface area contributed by atoms with Gasteiger partial charge in [0.1, 0.15) is 0 Å². The van der Waals surface area contributed by atoms with Crippen molar-refractivity contribution in [2.75, 3.05) is 19.6 Å². The van der Waals surface area contributed by atoms with E-state index in [9.17, 15) is 4.79 Å². The molecule has 1 heterocycles. The number of rotatable bonds is 4. The van der Waals surface area contributed by atoms with Crippen molar-refractivity contribution >= 4 is 5.91 Å². The van der Waals surface area contributed by atoms with E-state index >= 15 is 0 Å². The predicted molar refractivity (Wildman–Crippen MR) is 56.6 cm³/mol. The molecule has 0 aromatic heterocycles. The summed E-state index contributed by atoms with van der Waals surface area (Å²) in [6, 6.07) is 0. The van der Waals surface area contributed by atoms with Crippen molar-refractivity contribution in [2.24, 2.45) is 0 Å². The zero-order valence-electron chi connectivity index (χ0n) is 8.52. The van der Waals surface area contributed by atoms with Gasteiger partial charge >= 0.3 is 0 Å². The van der Waals surface area contributed by atoms with Crippen LogP contribution in [-0.2, 0) is 4.79 Å². The first kappa shape index (κ1) is 10.8. The summed E-state index contributed by atoms with van der Waals surface area (Å²) in [4.78, 5) is 11.5. The van der Waals surface area contributed by atoms with Gasteiger partial charge in [0.25, 0.3) is 0 Å². The zero-order chi connectivity index (χ0) is 10.4. The minimum Gasteiger partial charge on any atom is -0.352 e. The third-order valence-corrected chi connectivity index (χ3v) is 2.33. The van der Waals surface area contributed by atoms with Crippen LogP contribution in [0.15, 0.2) is 11.1 Å². The van der Waals surface area contributed by atoms with Crippen molar-refractivity contribution in [1.29, 1.82) is 0 Å². The molecule has 0 saturated carbocycles. The molecule has 0 bridgehead atoms. The van der Waals surface area contributed by atoms with E-state index < -0.39 is 0 Å². The fraction of sp³-hybridized carbons (Fsp3) is 0.545. The first-order valence-electron chi connectivity index (χ1n) is 4.86. The van der Waals surface area contributed by atoms with E-state index in [0.29, 0.717) is 6.54 Å². The lowest BCUT2D eigenvalue weighted by Crippen LogP contribution is -2.37. The summed E-state index contributed by atoms with van der Waals surface area (Å²) in [7, 11) is 0. The average molecular weight is 192 g/mol. The van der Waals surface area contributed by atoms with E-state index in [1.807, 2.05) is 6.92 Å². The fourth-order valence-electron chi connectivity index (χ4n) is 1.20. The summed E-state index contributed by atoms with van der Waals surface area (Å²) in [5, 5.41) is 5.96. The third kappa shape index (κ3) is 2.90. The van der Waals surface area contributed by atoms with Gasteiger partial charge in [-0.2, -0.15) is 0 Å². The van der Waals surface area contributed by atoms with Gasteiger partial charge in [-0.05, 0) is 18.9 Å². The molecule has 0 unspecified atom stereocenters. The summed E-state index contributed by atoms with van der Waals surface area (Å²) in [6.07, 6.45) is 6.67. The lowest BCUT2D eigenvalue weighted by molar-refractivity contribution is -0.117. The summed E-state index contributed by atoms with van der Waals surface area (Å²) in [6.45, 7) is 4.24. The van der Waals surface area contributed by atoms with E-state index in [4.69, 9.17) is 6.42 Å². The standard InChI is InChI=1S/C11H16N2O/c1-3-4-5-6-13-11(14)9(2)10-7-12-8-10/h1,12H,4-8H2,2H3,(H,13,14). The first-order valence-corrected chi connectivity index (χ1v) is 4.86. The van der Waals surface area contributed by atoms with Crippen LogP contribution in [0.5, 0.6) is 0 Å². The minimum atomic E-state index is 0.0403. The largest absolute Gasteiger partial charge is 0.352 e. The Hall–Kier alpha value is -1.27. The summed E-state index contributed by atoms with van der Waals surface area (Å²) < 4.78 is 0. The molecule has 3 nitrogen and oxygen atoms in total.